The Morgan fingerprint density at radius 1 is 1.28 bits per heavy atom. The van der Waals surface area contributed by atoms with Crippen molar-refractivity contribution in [3.8, 4) is 0 Å². The first-order chi connectivity index (χ1) is 8.85. The normalized spacial score (nSPS) is 16.5. The van der Waals surface area contributed by atoms with E-state index in [1.165, 1.54) is 25.7 Å². The van der Waals surface area contributed by atoms with E-state index in [2.05, 4.69) is 32.4 Å². The zero-order valence-corrected chi connectivity index (χ0v) is 10.9. The van der Waals surface area contributed by atoms with Crippen molar-refractivity contribution in [3.05, 3.63) is 29.8 Å². The number of rotatable bonds is 4. The van der Waals surface area contributed by atoms with Gasteiger partial charge in [-0.3, -0.25) is 4.68 Å². The van der Waals surface area contributed by atoms with Gasteiger partial charge in [0.05, 0.1) is 36.1 Å². The first kappa shape index (κ1) is 11.7. The predicted molar refractivity (Wildman–Crippen MR) is 68.4 cm³/mol. The summed E-state index contributed by atoms with van der Waals surface area (Å²) in [5, 5.41) is 12.6. The summed E-state index contributed by atoms with van der Waals surface area (Å²) in [6, 6.07) is 2.65. The monoisotopic (exact) mass is 265 g/mol. The van der Waals surface area contributed by atoms with Crippen molar-refractivity contribution in [3.63, 3.8) is 0 Å². The van der Waals surface area contributed by atoms with E-state index in [0.717, 1.165) is 11.4 Å². The molecule has 0 bridgehead atoms. The highest BCUT2D eigenvalue weighted by Gasteiger charge is 2.17. The highest BCUT2D eigenvalue weighted by Crippen LogP contribution is 2.28. The minimum atomic E-state index is 0.399. The van der Waals surface area contributed by atoms with Crippen LogP contribution >= 0.6 is 11.6 Å². The van der Waals surface area contributed by atoms with Crippen LogP contribution in [0.5, 0.6) is 0 Å². The molecule has 1 aliphatic carbocycles. The predicted octanol–water partition coefficient (Wildman–Crippen LogP) is 2.38. The molecular formula is C12H16ClN5. The summed E-state index contributed by atoms with van der Waals surface area (Å²) in [6.45, 7) is 0.656. The quantitative estimate of drug-likeness (QED) is 0.798. The molecule has 0 aromatic carbocycles. The topological polar surface area (TPSA) is 48.5 Å². The van der Waals surface area contributed by atoms with Gasteiger partial charge in [-0.2, -0.15) is 5.10 Å². The molecule has 2 heterocycles. The van der Waals surface area contributed by atoms with E-state index >= 15 is 0 Å². The molecule has 2 aromatic heterocycles. The summed E-state index contributed by atoms with van der Waals surface area (Å²) in [5.74, 6) is 0.399. The summed E-state index contributed by atoms with van der Waals surface area (Å²) in [6.07, 6.45) is 9.08. The fourth-order valence-electron chi connectivity index (χ4n) is 2.48. The Morgan fingerprint density at radius 2 is 2.11 bits per heavy atom. The van der Waals surface area contributed by atoms with Crippen molar-refractivity contribution in [2.45, 2.75) is 44.1 Å². The fraction of sp³-hybridized carbons (Fsp3) is 0.583. The third-order valence-electron chi connectivity index (χ3n) is 3.41. The molecule has 1 saturated carbocycles. The van der Waals surface area contributed by atoms with E-state index in [1.807, 2.05) is 6.20 Å². The lowest BCUT2D eigenvalue weighted by molar-refractivity contribution is 0.460. The van der Waals surface area contributed by atoms with Gasteiger partial charge in [0.25, 0.3) is 0 Å². The molecule has 0 saturated heterocycles. The Morgan fingerprint density at radius 3 is 2.83 bits per heavy atom. The molecule has 18 heavy (non-hydrogen) atoms. The van der Waals surface area contributed by atoms with Crippen LogP contribution in [0.25, 0.3) is 0 Å². The number of hydrogen-bond donors (Lipinski definition) is 0. The minimum absolute atomic E-state index is 0.399. The van der Waals surface area contributed by atoms with Crippen LogP contribution in [-0.4, -0.2) is 24.8 Å². The molecule has 0 spiro atoms. The van der Waals surface area contributed by atoms with Gasteiger partial charge in [0.2, 0.25) is 0 Å². The smallest absolute Gasteiger partial charge is 0.0974 e. The largest absolute Gasteiger partial charge is 0.269 e. The first-order valence-electron chi connectivity index (χ1n) is 6.34. The standard InChI is InChI=1S/C12H16ClN5/c13-7-11-9-17(16-14-11)8-10-5-6-18(15-10)12-3-1-2-4-12/h5-6,9,12H,1-4,7-8H2. The molecule has 0 aliphatic heterocycles. The number of nitrogens with zero attached hydrogens (tertiary/aromatic N) is 5. The molecule has 0 radical (unpaired) electrons. The molecule has 6 heteroatoms. The van der Waals surface area contributed by atoms with Crippen LogP contribution < -0.4 is 0 Å². The maximum atomic E-state index is 5.70. The van der Waals surface area contributed by atoms with E-state index in [1.54, 1.807) is 4.68 Å². The highest BCUT2D eigenvalue weighted by atomic mass is 35.5. The summed E-state index contributed by atoms with van der Waals surface area (Å²) in [4.78, 5) is 0. The van der Waals surface area contributed by atoms with Gasteiger partial charge in [-0.1, -0.05) is 18.1 Å². The van der Waals surface area contributed by atoms with Crippen molar-refractivity contribution >= 4 is 11.6 Å². The fourth-order valence-corrected chi connectivity index (χ4v) is 2.60. The second-order valence-corrected chi connectivity index (χ2v) is 5.03. The molecule has 0 N–H and O–H groups in total. The average Bonchev–Trinajstić information content (AvgIpc) is 3.10. The van der Waals surface area contributed by atoms with Gasteiger partial charge in [0, 0.05) is 6.20 Å². The molecule has 0 atom stereocenters. The van der Waals surface area contributed by atoms with E-state index < -0.39 is 0 Å². The van der Waals surface area contributed by atoms with Crippen LogP contribution in [0.2, 0.25) is 0 Å². The summed E-state index contributed by atoms with van der Waals surface area (Å²) >= 11 is 5.70. The van der Waals surface area contributed by atoms with E-state index in [-0.39, 0.29) is 0 Å². The van der Waals surface area contributed by atoms with Crippen molar-refractivity contribution in [1.29, 1.82) is 0 Å². The van der Waals surface area contributed by atoms with Crippen LogP contribution in [0.3, 0.4) is 0 Å². The lowest BCUT2D eigenvalue weighted by Crippen LogP contribution is -2.07. The third-order valence-corrected chi connectivity index (χ3v) is 3.68. The summed E-state index contributed by atoms with van der Waals surface area (Å²) in [5.41, 5.74) is 1.82. The minimum Gasteiger partial charge on any atom is -0.269 e. The van der Waals surface area contributed by atoms with Gasteiger partial charge in [-0.15, -0.1) is 16.7 Å². The van der Waals surface area contributed by atoms with Crippen LogP contribution in [0, 0.1) is 0 Å². The SMILES string of the molecule is ClCc1cn(Cc2ccn(C3CCCC3)n2)nn1. The first-order valence-corrected chi connectivity index (χ1v) is 6.87. The zero-order chi connectivity index (χ0) is 12.4. The second kappa shape index (κ2) is 5.10. The molecule has 1 aliphatic rings. The number of halogens is 1. The molecule has 0 amide bonds. The second-order valence-electron chi connectivity index (χ2n) is 4.77. The molecule has 0 unspecified atom stereocenters. The van der Waals surface area contributed by atoms with Crippen molar-refractivity contribution in [1.82, 2.24) is 24.8 Å². The Kier molecular flexibility index (Phi) is 3.32. The third kappa shape index (κ3) is 2.41. The Hall–Kier alpha value is -1.36. The van der Waals surface area contributed by atoms with Gasteiger partial charge in [0.15, 0.2) is 0 Å². The molecule has 3 rings (SSSR count). The van der Waals surface area contributed by atoms with Gasteiger partial charge in [-0.05, 0) is 18.9 Å². The molecule has 96 valence electrons. The number of hydrogen-bond acceptors (Lipinski definition) is 3. The highest BCUT2D eigenvalue weighted by molar-refractivity contribution is 6.16. The average molecular weight is 266 g/mol. The van der Waals surface area contributed by atoms with Crippen LogP contribution in [0.1, 0.15) is 43.1 Å². The van der Waals surface area contributed by atoms with Crippen LogP contribution in [0.15, 0.2) is 18.5 Å². The van der Waals surface area contributed by atoms with Gasteiger partial charge in [0.1, 0.15) is 0 Å². The molecule has 1 fully saturated rings. The maximum Gasteiger partial charge on any atom is 0.0974 e. The van der Waals surface area contributed by atoms with Gasteiger partial charge in [-0.25, -0.2) is 4.68 Å². The lowest BCUT2D eigenvalue weighted by atomic mass is 10.3. The Bertz CT molecular complexity index is 512. The Balaban J connectivity index is 1.69. The Labute approximate surface area is 111 Å². The summed E-state index contributed by atoms with van der Waals surface area (Å²) in [7, 11) is 0. The van der Waals surface area contributed by atoms with Crippen molar-refractivity contribution in [2.24, 2.45) is 0 Å². The van der Waals surface area contributed by atoms with E-state index in [0.29, 0.717) is 18.5 Å². The van der Waals surface area contributed by atoms with Crippen LogP contribution in [-0.2, 0) is 12.4 Å². The number of aromatic nitrogens is 5. The molecular weight excluding hydrogens is 250 g/mol. The zero-order valence-electron chi connectivity index (χ0n) is 10.2. The number of alkyl halides is 1. The van der Waals surface area contributed by atoms with Gasteiger partial charge >= 0.3 is 0 Å². The molecule has 2 aromatic rings. The lowest BCUT2D eigenvalue weighted by Gasteiger charge is -2.08. The van der Waals surface area contributed by atoms with Crippen molar-refractivity contribution in [2.75, 3.05) is 0 Å². The van der Waals surface area contributed by atoms with Crippen molar-refractivity contribution < 1.29 is 0 Å². The molecule has 5 nitrogen and oxygen atoms in total. The summed E-state index contributed by atoms with van der Waals surface area (Å²) < 4.78 is 3.88. The van der Waals surface area contributed by atoms with E-state index in [4.69, 9.17) is 11.6 Å². The van der Waals surface area contributed by atoms with Crippen LogP contribution in [0.4, 0.5) is 0 Å². The maximum absolute atomic E-state index is 5.70. The van der Waals surface area contributed by atoms with Gasteiger partial charge < -0.3 is 0 Å². The van der Waals surface area contributed by atoms with E-state index in [9.17, 15) is 0 Å².